The third-order valence-electron chi connectivity index (χ3n) is 6.27. The molecule has 2 aliphatic rings. The number of carbonyl (C=O) groups excluding carboxylic acids is 1. The van der Waals surface area contributed by atoms with Gasteiger partial charge in [0.05, 0.1) is 10.8 Å². The van der Waals surface area contributed by atoms with Crippen molar-refractivity contribution in [3.63, 3.8) is 0 Å². The number of hydrogen-bond acceptors (Lipinski definition) is 6. The Balaban J connectivity index is 1.79. The van der Waals surface area contributed by atoms with E-state index in [1.54, 1.807) is 10.4 Å². The molecule has 0 bridgehead atoms. The van der Waals surface area contributed by atoms with Gasteiger partial charge < -0.3 is 14.6 Å². The Labute approximate surface area is 171 Å². The predicted molar refractivity (Wildman–Crippen MR) is 104 cm³/mol. The third-order valence-corrected chi connectivity index (χ3v) is 7.38. The van der Waals surface area contributed by atoms with Crippen LogP contribution in [-0.2, 0) is 15.9 Å². The van der Waals surface area contributed by atoms with Crippen molar-refractivity contribution in [1.29, 1.82) is 0 Å². The van der Waals surface area contributed by atoms with Gasteiger partial charge in [-0.3, -0.25) is 19.1 Å². The minimum atomic E-state index is -2.60. The van der Waals surface area contributed by atoms with Crippen LogP contribution in [0.15, 0.2) is 30.3 Å². The Kier molecular flexibility index (Phi) is 6.89. The number of amides is 2. The molecule has 0 aliphatic carbocycles. The molecule has 10 heteroatoms. The van der Waals surface area contributed by atoms with E-state index in [9.17, 15) is 28.7 Å². The molecule has 2 aliphatic heterocycles. The first-order valence-corrected chi connectivity index (χ1v) is 10.8. The molecule has 2 fully saturated rings. The lowest BCUT2D eigenvalue weighted by molar-refractivity contribution is -0.146. The molecule has 9 nitrogen and oxygen atoms in total. The van der Waals surface area contributed by atoms with Crippen LogP contribution in [-0.4, -0.2) is 72.4 Å². The number of hydroxylamine groups is 1. The molecule has 1 aromatic rings. The van der Waals surface area contributed by atoms with E-state index in [1.165, 1.54) is 5.56 Å². The zero-order valence-corrected chi connectivity index (χ0v) is 16.8. The second kappa shape index (κ2) is 9.21. The quantitative estimate of drug-likeness (QED) is 0.369. The molecule has 2 atom stereocenters. The summed E-state index contributed by atoms with van der Waals surface area (Å²) in [6, 6.07) is 10.0. The highest BCUT2D eigenvalue weighted by atomic mass is 32.2. The summed E-state index contributed by atoms with van der Waals surface area (Å²) in [5, 5.41) is 17.4. The van der Waals surface area contributed by atoms with Crippen molar-refractivity contribution in [2.45, 2.75) is 37.0 Å². The number of nitrogens with one attached hydrogen (secondary N) is 1. The molecule has 2 unspecified atom stereocenters. The van der Waals surface area contributed by atoms with E-state index in [-0.39, 0.29) is 25.9 Å². The minimum Gasteiger partial charge on any atom is -0.771 e. The average Bonchev–Trinajstić information content (AvgIpc) is 2.74. The van der Waals surface area contributed by atoms with Gasteiger partial charge in [-0.2, -0.15) is 0 Å². The fourth-order valence-electron chi connectivity index (χ4n) is 4.64. The molecule has 0 aromatic heterocycles. The monoisotopic (exact) mass is 424 g/mol. The number of piperidine rings is 2. The fraction of sp³-hybridized carbons (Fsp3) is 0.579. The second-order valence-electron chi connectivity index (χ2n) is 7.70. The molecule has 1 aromatic carbocycles. The molecular weight excluding hydrogens is 398 g/mol. The van der Waals surface area contributed by atoms with Crippen LogP contribution in [0.1, 0.15) is 37.2 Å². The maximum Gasteiger partial charge on any atom is 0.407 e. The van der Waals surface area contributed by atoms with Crippen molar-refractivity contribution in [3.8, 4) is 0 Å². The summed E-state index contributed by atoms with van der Waals surface area (Å²) in [5.74, 6) is -0.452. The van der Waals surface area contributed by atoms with E-state index < -0.39 is 33.9 Å². The van der Waals surface area contributed by atoms with Gasteiger partial charge >= 0.3 is 6.09 Å². The van der Waals surface area contributed by atoms with E-state index in [0.717, 1.165) is 17.7 Å². The van der Waals surface area contributed by atoms with Gasteiger partial charge in [-0.1, -0.05) is 30.3 Å². The average molecular weight is 424 g/mol. The molecule has 0 spiro atoms. The number of nitrogens with zero attached hydrogens (tertiary/aromatic N) is 2. The minimum absolute atomic E-state index is 0.0307. The molecule has 160 valence electrons. The zero-order valence-electron chi connectivity index (χ0n) is 16.0. The first-order chi connectivity index (χ1) is 13.9. The van der Waals surface area contributed by atoms with Crippen molar-refractivity contribution in [2.75, 3.05) is 26.2 Å². The standard InChI is InChI=1S/C19H27N3O6S/c23-16(20-26)19(8-12-22(13-9-19)18(24)25)17(29(27)28)21-10-6-15(7-11-21)14-4-2-1-3-5-14/h1-5,15,17,26H,6-13H2,(H,20,23)(H,24,25)(H,27,28)/p-1. The van der Waals surface area contributed by atoms with Crippen molar-refractivity contribution in [3.05, 3.63) is 35.9 Å². The van der Waals surface area contributed by atoms with E-state index in [4.69, 9.17) is 0 Å². The van der Waals surface area contributed by atoms with Crippen LogP contribution in [0, 0.1) is 5.41 Å². The normalized spacial score (nSPS) is 22.6. The summed E-state index contributed by atoms with van der Waals surface area (Å²) in [6.07, 6.45) is 0.476. The molecule has 3 N–H and O–H groups in total. The molecule has 0 radical (unpaired) electrons. The van der Waals surface area contributed by atoms with Gasteiger partial charge in [-0.15, -0.1) is 0 Å². The Morgan fingerprint density at radius 1 is 1.14 bits per heavy atom. The first kappa shape index (κ1) is 21.7. The van der Waals surface area contributed by atoms with Crippen LogP contribution < -0.4 is 5.48 Å². The molecular formula is C19H26N3O6S-. The summed E-state index contributed by atoms with van der Waals surface area (Å²) >= 11 is -2.60. The highest BCUT2D eigenvalue weighted by molar-refractivity contribution is 7.79. The van der Waals surface area contributed by atoms with Gasteiger partial charge in [-0.25, -0.2) is 10.3 Å². The number of benzene rings is 1. The Morgan fingerprint density at radius 3 is 2.21 bits per heavy atom. The van der Waals surface area contributed by atoms with E-state index >= 15 is 0 Å². The highest BCUT2D eigenvalue weighted by Crippen LogP contribution is 2.41. The first-order valence-electron chi connectivity index (χ1n) is 9.68. The molecule has 2 saturated heterocycles. The Bertz CT molecular complexity index is 746. The van der Waals surface area contributed by atoms with E-state index in [0.29, 0.717) is 19.0 Å². The van der Waals surface area contributed by atoms with Gasteiger partial charge in [-0.05, 0) is 61.3 Å². The highest BCUT2D eigenvalue weighted by Gasteiger charge is 2.51. The molecule has 3 rings (SSSR count). The maximum absolute atomic E-state index is 12.6. The van der Waals surface area contributed by atoms with Crippen molar-refractivity contribution in [1.82, 2.24) is 15.3 Å². The molecule has 0 saturated carbocycles. The van der Waals surface area contributed by atoms with Gasteiger partial charge in [0, 0.05) is 13.1 Å². The number of carbonyl (C=O) groups is 2. The Hall–Kier alpha value is -2.01. The van der Waals surface area contributed by atoms with E-state index in [1.807, 2.05) is 18.2 Å². The second-order valence-corrected chi connectivity index (χ2v) is 8.67. The topological polar surface area (TPSA) is 133 Å². The molecule has 2 amide bonds. The SMILES string of the molecule is O=C(O)N1CCC(C(=O)NO)(C(N2CCC(c3ccccc3)CC2)S(=O)[O-])CC1. The predicted octanol–water partition coefficient (Wildman–Crippen LogP) is 1.34. The van der Waals surface area contributed by atoms with Gasteiger partial charge in [0.15, 0.2) is 0 Å². The number of hydrogen-bond donors (Lipinski definition) is 3. The summed E-state index contributed by atoms with van der Waals surface area (Å²) in [4.78, 5) is 26.8. The van der Waals surface area contributed by atoms with Gasteiger partial charge in [0.25, 0.3) is 5.91 Å². The lowest BCUT2D eigenvalue weighted by Crippen LogP contribution is -2.62. The smallest absolute Gasteiger partial charge is 0.407 e. The number of rotatable bonds is 5. The number of likely N-dealkylation sites (tertiary alicyclic amines) is 2. The zero-order chi connectivity index (χ0) is 21.0. The van der Waals surface area contributed by atoms with Crippen LogP contribution >= 0.6 is 0 Å². The van der Waals surface area contributed by atoms with Gasteiger partial charge in [0.2, 0.25) is 0 Å². The summed E-state index contributed by atoms with van der Waals surface area (Å²) < 4.78 is 24.5. The van der Waals surface area contributed by atoms with E-state index in [2.05, 4.69) is 12.1 Å². The number of carboxylic acid groups (broad SMARTS) is 1. The van der Waals surface area contributed by atoms with Crippen molar-refractivity contribution >= 4 is 23.1 Å². The Morgan fingerprint density at radius 2 is 1.72 bits per heavy atom. The van der Waals surface area contributed by atoms with Crippen LogP contribution in [0.3, 0.4) is 0 Å². The largest absolute Gasteiger partial charge is 0.771 e. The summed E-state index contributed by atoms with van der Waals surface area (Å²) in [6.45, 7) is 1.08. The summed E-state index contributed by atoms with van der Waals surface area (Å²) in [7, 11) is 0. The third kappa shape index (κ3) is 4.45. The van der Waals surface area contributed by atoms with Crippen LogP contribution in [0.4, 0.5) is 4.79 Å². The van der Waals surface area contributed by atoms with Gasteiger partial charge in [0.1, 0.15) is 0 Å². The van der Waals surface area contributed by atoms with Crippen LogP contribution in [0.5, 0.6) is 0 Å². The molecule has 2 heterocycles. The van der Waals surface area contributed by atoms with Crippen molar-refractivity contribution < 1.29 is 28.7 Å². The maximum atomic E-state index is 12.6. The van der Waals surface area contributed by atoms with Crippen LogP contribution in [0.25, 0.3) is 0 Å². The lowest BCUT2D eigenvalue weighted by atomic mass is 9.76. The lowest BCUT2D eigenvalue weighted by Gasteiger charge is -2.50. The fourth-order valence-corrected chi connectivity index (χ4v) is 5.81. The summed E-state index contributed by atoms with van der Waals surface area (Å²) in [5.41, 5.74) is 1.44. The van der Waals surface area contributed by atoms with Crippen LogP contribution in [0.2, 0.25) is 0 Å². The molecule has 29 heavy (non-hydrogen) atoms. The van der Waals surface area contributed by atoms with Crippen molar-refractivity contribution in [2.24, 2.45) is 5.41 Å².